The van der Waals surface area contributed by atoms with Crippen LogP contribution in [-0.4, -0.2) is 15.7 Å². The van der Waals surface area contributed by atoms with Gasteiger partial charge in [-0.15, -0.1) is 0 Å². The van der Waals surface area contributed by atoms with Crippen LogP contribution >= 0.6 is 11.6 Å². The Morgan fingerprint density at radius 1 is 1.13 bits per heavy atom. The molecular weight excluding hydrogens is 310 g/mol. The Labute approximate surface area is 139 Å². The molecular formula is C18H16ClN3O. The maximum absolute atomic E-state index is 12.3. The van der Waals surface area contributed by atoms with E-state index in [-0.39, 0.29) is 11.9 Å². The molecule has 1 aromatic heterocycles. The molecule has 5 heteroatoms. The summed E-state index contributed by atoms with van der Waals surface area (Å²) in [6, 6.07) is 17.0. The zero-order valence-electron chi connectivity index (χ0n) is 12.6. The topological polar surface area (TPSA) is 46.9 Å². The molecule has 1 atom stereocenters. The van der Waals surface area contributed by atoms with Crippen molar-refractivity contribution in [3.63, 3.8) is 0 Å². The van der Waals surface area contributed by atoms with Gasteiger partial charge in [0.15, 0.2) is 0 Å². The van der Waals surface area contributed by atoms with E-state index >= 15 is 0 Å². The van der Waals surface area contributed by atoms with E-state index in [2.05, 4.69) is 10.4 Å². The predicted octanol–water partition coefficient (Wildman–Crippen LogP) is 4.02. The van der Waals surface area contributed by atoms with Gasteiger partial charge < -0.3 is 5.32 Å². The molecule has 0 spiro atoms. The Bertz CT molecular complexity index is 797. The highest BCUT2D eigenvalue weighted by atomic mass is 35.5. The van der Waals surface area contributed by atoms with Crippen molar-refractivity contribution in [3.8, 4) is 5.69 Å². The SMILES string of the molecule is C[C@H](NC(=O)c1cnn(-c2ccc(Cl)cc2)c1)c1ccccc1. The van der Waals surface area contributed by atoms with E-state index in [1.165, 1.54) is 0 Å². The molecule has 3 rings (SSSR count). The van der Waals surface area contributed by atoms with Gasteiger partial charge in [-0.1, -0.05) is 41.9 Å². The summed E-state index contributed by atoms with van der Waals surface area (Å²) in [4.78, 5) is 12.3. The monoisotopic (exact) mass is 325 g/mol. The van der Waals surface area contributed by atoms with E-state index in [1.807, 2.05) is 49.4 Å². The fourth-order valence-corrected chi connectivity index (χ4v) is 2.41. The number of nitrogens with zero attached hydrogens (tertiary/aromatic N) is 2. The fourth-order valence-electron chi connectivity index (χ4n) is 2.28. The Morgan fingerprint density at radius 2 is 1.83 bits per heavy atom. The largest absolute Gasteiger partial charge is 0.345 e. The third-order valence-electron chi connectivity index (χ3n) is 3.58. The van der Waals surface area contributed by atoms with Gasteiger partial charge in [-0.2, -0.15) is 5.10 Å². The first-order valence-corrected chi connectivity index (χ1v) is 7.68. The number of hydrogen-bond donors (Lipinski definition) is 1. The van der Waals surface area contributed by atoms with Crippen LogP contribution in [0.1, 0.15) is 28.9 Å². The molecule has 23 heavy (non-hydrogen) atoms. The molecule has 0 bridgehead atoms. The van der Waals surface area contributed by atoms with Gasteiger partial charge in [0.25, 0.3) is 5.91 Å². The van der Waals surface area contributed by atoms with Crippen molar-refractivity contribution in [2.75, 3.05) is 0 Å². The minimum absolute atomic E-state index is 0.0671. The van der Waals surface area contributed by atoms with Crippen molar-refractivity contribution < 1.29 is 4.79 Å². The van der Waals surface area contributed by atoms with Crippen LogP contribution in [0.15, 0.2) is 67.0 Å². The van der Waals surface area contributed by atoms with Gasteiger partial charge in [-0.3, -0.25) is 4.79 Å². The molecule has 0 aliphatic heterocycles. The number of nitrogens with one attached hydrogen (secondary N) is 1. The first-order valence-electron chi connectivity index (χ1n) is 7.30. The first-order chi connectivity index (χ1) is 11.1. The van der Waals surface area contributed by atoms with Crippen molar-refractivity contribution in [1.29, 1.82) is 0 Å². The number of benzene rings is 2. The minimum atomic E-state index is -0.151. The second kappa shape index (κ2) is 6.67. The normalized spacial score (nSPS) is 11.9. The van der Waals surface area contributed by atoms with Crippen LogP contribution in [0.5, 0.6) is 0 Å². The molecule has 0 fully saturated rings. The van der Waals surface area contributed by atoms with Crippen molar-refractivity contribution >= 4 is 17.5 Å². The molecule has 0 aliphatic carbocycles. The van der Waals surface area contributed by atoms with E-state index in [9.17, 15) is 4.79 Å². The van der Waals surface area contributed by atoms with Gasteiger partial charge >= 0.3 is 0 Å². The lowest BCUT2D eigenvalue weighted by molar-refractivity contribution is 0.0940. The number of amides is 1. The molecule has 3 aromatic rings. The van der Waals surface area contributed by atoms with E-state index in [1.54, 1.807) is 29.2 Å². The maximum atomic E-state index is 12.3. The summed E-state index contributed by atoms with van der Waals surface area (Å²) in [5.74, 6) is -0.151. The van der Waals surface area contributed by atoms with Gasteiger partial charge in [0.05, 0.1) is 23.5 Å². The van der Waals surface area contributed by atoms with E-state index in [4.69, 9.17) is 11.6 Å². The number of carbonyl (C=O) groups is 1. The maximum Gasteiger partial charge on any atom is 0.254 e. The van der Waals surface area contributed by atoms with Crippen molar-refractivity contribution in [1.82, 2.24) is 15.1 Å². The van der Waals surface area contributed by atoms with Crippen molar-refractivity contribution in [2.45, 2.75) is 13.0 Å². The van der Waals surface area contributed by atoms with Crippen LogP contribution in [0.2, 0.25) is 5.02 Å². The number of carbonyl (C=O) groups excluding carboxylic acids is 1. The second-order valence-electron chi connectivity index (χ2n) is 5.26. The zero-order chi connectivity index (χ0) is 16.2. The van der Waals surface area contributed by atoms with Crippen LogP contribution in [0, 0.1) is 0 Å². The molecule has 116 valence electrons. The summed E-state index contributed by atoms with van der Waals surface area (Å²) < 4.78 is 1.65. The summed E-state index contributed by atoms with van der Waals surface area (Å²) in [7, 11) is 0. The molecule has 0 saturated heterocycles. The average Bonchev–Trinajstić information content (AvgIpc) is 3.06. The second-order valence-corrected chi connectivity index (χ2v) is 5.69. The Balaban J connectivity index is 1.72. The third-order valence-corrected chi connectivity index (χ3v) is 3.84. The number of hydrogen-bond acceptors (Lipinski definition) is 2. The molecule has 2 aromatic carbocycles. The molecule has 1 amide bonds. The highest BCUT2D eigenvalue weighted by Crippen LogP contribution is 2.15. The summed E-state index contributed by atoms with van der Waals surface area (Å²) in [6.45, 7) is 1.96. The first kappa shape index (κ1) is 15.3. The fraction of sp³-hybridized carbons (Fsp3) is 0.111. The summed E-state index contributed by atoms with van der Waals surface area (Å²) in [5, 5.41) is 7.87. The van der Waals surface area contributed by atoms with Crippen LogP contribution in [0.4, 0.5) is 0 Å². The molecule has 0 radical (unpaired) electrons. The molecule has 0 aliphatic rings. The minimum Gasteiger partial charge on any atom is -0.345 e. The Hall–Kier alpha value is -2.59. The lowest BCUT2D eigenvalue weighted by Gasteiger charge is -2.13. The van der Waals surface area contributed by atoms with E-state index in [0.717, 1.165) is 11.3 Å². The lowest BCUT2D eigenvalue weighted by Crippen LogP contribution is -2.26. The molecule has 4 nitrogen and oxygen atoms in total. The van der Waals surface area contributed by atoms with Gasteiger partial charge in [-0.25, -0.2) is 4.68 Å². The predicted molar refractivity (Wildman–Crippen MR) is 90.9 cm³/mol. The summed E-state index contributed by atoms with van der Waals surface area (Å²) in [6.07, 6.45) is 3.26. The van der Waals surface area contributed by atoms with Gasteiger partial charge in [0, 0.05) is 11.2 Å². The van der Waals surface area contributed by atoms with Crippen LogP contribution in [-0.2, 0) is 0 Å². The Morgan fingerprint density at radius 3 is 2.52 bits per heavy atom. The molecule has 0 unspecified atom stereocenters. The summed E-state index contributed by atoms with van der Waals surface area (Å²) >= 11 is 5.88. The van der Waals surface area contributed by atoms with Gasteiger partial charge in [-0.05, 0) is 36.8 Å². The van der Waals surface area contributed by atoms with E-state index < -0.39 is 0 Å². The van der Waals surface area contributed by atoms with Crippen molar-refractivity contribution in [3.05, 3.63) is 83.1 Å². The smallest absolute Gasteiger partial charge is 0.254 e. The summed E-state index contributed by atoms with van der Waals surface area (Å²) in [5.41, 5.74) is 2.43. The molecule has 0 saturated carbocycles. The number of rotatable bonds is 4. The quantitative estimate of drug-likeness (QED) is 0.787. The van der Waals surface area contributed by atoms with E-state index in [0.29, 0.717) is 10.6 Å². The lowest BCUT2D eigenvalue weighted by atomic mass is 10.1. The van der Waals surface area contributed by atoms with Gasteiger partial charge in [0.1, 0.15) is 0 Å². The number of halogens is 1. The Kier molecular flexibility index (Phi) is 4.44. The van der Waals surface area contributed by atoms with Crippen LogP contribution in [0.25, 0.3) is 5.69 Å². The molecule has 1 N–H and O–H groups in total. The third kappa shape index (κ3) is 3.60. The highest BCUT2D eigenvalue weighted by molar-refractivity contribution is 6.30. The average molecular weight is 326 g/mol. The zero-order valence-corrected chi connectivity index (χ0v) is 13.4. The molecule has 1 heterocycles. The standard InChI is InChI=1S/C18H16ClN3O/c1-13(14-5-3-2-4-6-14)21-18(23)15-11-20-22(12-15)17-9-7-16(19)8-10-17/h2-13H,1H3,(H,21,23)/t13-/m0/s1. The number of aromatic nitrogens is 2. The van der Waals surface area contributed by atoms with Crippen LogP contribution < -0.4 is 5.32 Å². The van der Waals surface area contributed by atoms with Crippen molar-refractivity contribution in [2.24, 2.45) is 0 Å². The van der Waals surface area contributed by atoms with Crippen LogP contribution in [0.3, 0.4) is 0 Å². The van der Waals surface area contributed by atoms with Gasteiger partial charge in [0.2, 0.25) is 0 Å². The highest BCUT2D eigenvalue weighted by Gasteiger charge is 2.13.